The van der Waals surface area contributed by atoms with Crippen molar-refractivity contribution in [3.8, 4) is 0 Å². The van der Waals surface area contributed by atoms with Crippen molar-refractivity contribution in [2.24, 2.45) is 11.8 Å². The van der Waals surface area contributed by atoms with E-state index in [4.69, 9.17) is 4.74 Å². The number of amides is 1. The van der Waals surface area contributed by atoms with Crippen LogP contribution in [-0.2, 0) is 19.6 Å². The Balaban J connectivity index is 1.97. The second kappa shape index (κ2) is 9.05. The molecule has 1 aromatic rings. The number of nitrogens with one attached hydrogen (secondary N) is 1. The number of nitrogens with zero attached hydrogens (tertiary/aromatic N) is 1. The van der Waals surface area contributed by atoms with Gasteiger partial charge in [0.25, 0.3) is 5.91 Å². The molecule has 28 heavy (non-hydrogen) atoms. The second-order valence-corrected chi connectivity index (χ2v) is 9.89. The lowest BCUT2D eigenvalue weighted by Gasteiger charge is -2.35. The maximum Gasteiger partial charge on any atom is 0.338 e. The summed E-state index contributed by atoms with van der Waals surface area (Å²) >= 11 is 0. The number of esters is 1. The fraction of sp³-hybridized carbons (Fsp3) is 0.600. The Kier molecular flexibility index (Phi) is 7.22. The Hall–Kier alpha value is -1.93. The Morgan fingerprint density at radius 3 is 2.32 bits per heavy atom. The van der Waals surface area contributed by atoms with Gasteiger partial charge < -0.3 is 10.1 Å². The number of sulfonamides is 1. The van der Waals surface area contributed by atoms with E-state index in [0.717, 1.165) is 23.6 Å². The largest absolute Gasteiger partial charge is 0.449 e. The fourth-order valence-corrected chi connectivity index (χ4v) is 4.24. The Morgan fingerprint density at radius 2 is 1.75 bits per heavy atom. The molecule has 8 heteroatoms. The van der Waals surface area contributed by atoms with Crippen molar-refractivity contribution in [3.63, 3.8) is 0 Å². The molecule has 7 nitrogen and oxygen atoms in total. The third-order valence-electron chi connectivity index (χ3n) is 5.56. The van der Waals surface area contributed by atoms with Gasteiger partial charge in [0.15, 0.2) is 6.10 Å². The van der Waals surface area contributed by atoms with Gasteiger partial charge in [-0.05, 0) is 49.4 Å². The van der Waals surface area contributed by atoms with E-state index in [-0.39, 0.29) is 22.4 Å². The van der Waals surface area contributed by atoms with Crippen LogP contribution in [0.1, 0.15) is 50.4 Å². The standard InChI is InChI=1S/C20H30N2O5S/c1-13-7-6-8-18(14(13)2)21-19(23)15(3)27-20(24)16-9-11-17(12-10-16)28(25,26)22(4)5/h9-15,18H,6-8H2,1-5H3,(H,21,23)/t13-,14+,15+,18-/m0/s1. The molecule has 1 amide bonds. The number of carbonyl (C=O) groups excluding carboxylic acids is 2. The molecular formula is C20H30N2O5S. The Morgan fingerprint density at radius 1 is 1.14 bits per heavy atom. The van der Waals surface area contributed by atoms with E-state index in [9.17, 15) is 18.0 Å². The number of hydrogen-bond donors (Lipinski definition) is 1. The molecule has 2 rings (SSSR count). The van der Waals surface area contributed by atoms with E-state index >= 15 is 0 Å². The second-order valence-electron chi connectivity index (χ2n) is 7.74. The van der Waals surface area contributed by atoms with Crippen molar-refractivity contribution in [2.45, 2.75) is 57.1 Å². The molecular weight excluding hydrogens is 380 g/mol. The third-order valence-corrected chi connectivity index (χ3v) is 7.39. The first-order valence-electron chi connectivity index (χ1n) is 9.58. The van der Waals surface area contributed by atoms with E-state index in [1.54, 1.807) is 0 Å². The van der Waals surface area contributed by atoms with Crippen molar-refractivity contribution in [1.82, 2.24) is 9.62 Å². The van der Waals surface area contributed by atoms with Crippen LogP contribution in [0.3, 0.4) is 0 Å². The third kappa shape index (κ3) is 5.11. The van der Waals surface area contributed by atoms with E-state index in [1.807, 2.05) is 0 Å². The lowest BCUT2D eigenvalue weighted by Crippen LogP contribution is -2.47. The van der Waals surface area contributed by atoms with Gasteiger partial charge in [-0.2, -0.15) is 0 Å². The molecule has 0 heterocycles. The zero-order valence-electron chi connectivity index (χ0n) is 17.1. The van der Waals surface area contributed by atoms with Crippen LogP contribution in [0.5, 0.6) is 0 Å². The smallest absolute Gasteiger partial charge is 0.338 e. The van der Waals surface area contributed by atoms with E-state index in [2.05, 4.69) is 19.2 Å². The van der Waals surface area contributed by atoms with Gasteiger partial charge in [-0.25, -0.2) is 17.5 Å². The highest BCUT2D eigenvalue weighted by molar-refractivity contribution is 7.89. The predicted octanol–water partition coefficient (Wildman–Crippen LogP) is 2.42. The molecule has 0 radical (unpaired) electrons. The first kappa shape index (κ1) is 22.4. The monoisotopic (exact) mass is 410 g/mol. The lowest BCUT2D eigenvalue weighted by molar-refractivity contribution is -0.130. The minimum absolute atomic E-state index is 0.0836. The Bertz CT molecular complexity index is 804. The lowest BCUT2D eigenvalue weighted by atomic mass is 9.78. The van der Waals surface area contributed by atoms with Crippen molar-refractivity contribution in [1.29, 1.82) is 0 Å². The van der Waals surface area contributed by atoms with Crippen LogP contribution in [0.2, 0.25) is 0 Å². The molecule has 0 bridgehead atoms. The zero-order valence-corrected chi connectivity index (χ0v) is 18.0. The summed E-state index contributed by atoms with van der Waals surface area (Å²) in [6.45, 7) is 5.86. The summed E-state index contributed by atoms with van der Waals surface area (Å²) in [5, 5.41) is 3.00. The topological polar surface area (TPSA) is 92.8 Å². The van der Waals surface area contributed by atoms with Crippen LogP contribution in [0.4, 0.5) is 0 Å². The average molecular weight is 411 g/mol. The molecule has 1 N–H and O–H groups in total. The molecule has 1 fully saturated rings. The Labute approximate surface area is 167 Å². The maximum atomic E-state index is 12.4. The van der Waals surface area contributed by atoms with E-state index in [1.165, 1.54) is 45.3 Å². The molecule has 0 spiro atoms. The summed E-state index contributed by atoms with van der Waals surface area (Å²) in [4.78, 5) is 24.8. The van der Waals surface area contributed by atoms with Crippen molar-refractivity contribution in [2.75, 3.05) is 14.1 Å². The highest BCUT2D eigenvalue weighted by Gasteiger charge is 2.30. The molecule has 0 saturated heterocycles. The molecule has 0 unspecified atom stereocenters. The van der Waals surface area contributed by atoms with Gasteiger partial charge in [0.05, 0.1) is 10.5 Å². The van der Waals surface area contributed by atoms with Gasteiger partial charge in [-0.1, -0.05) is 26.7 Å². The number of rotatable bonds is 6. The first-order chi connectivity index (χ1) is 13.0. The van der Waals surface area contributed by atoms with Crippen LogP contribution < -0.4 is 5.32 Å². The summed E-state index contributed by atoms with van der Waals surface area (Å²) in [7, 11) is -0.693. The zero-order chi connectivity index (χ0) is 21.1. The van der Waals surface area contributed by atoms with Gasteiger partial charge in [-0.3, -0.25) is 4.79 Å². The van der Waals surface area contributed by atoms with E-state index in [0.29, 0.717) is 11.8 Å². The molecule has 1 aromatic carbocycles. The molecule has 4 atom stereocenters. The highest BCUT2D eigenvalue weighted by Crippen LogP contribution is 2.29. The number of ether oxygens (including phenoxy) is 1. The predicted molar refractivity (Wildman–Crippen MR) is 106 cm³/mol. The van der Waals surface area contributed by atoms with Gasteiger partial charge in [0, 0.05) is 20.1 Å². The minimum atomic E-state index is -3.56. The van der Waals surface area contributed by atoms with Crippen molar-refractivity contribution < 1.29 is 22.7 Å². The van der Waals surface area contributed by atoms with Crippen LogP contribution in [0, 0.1) is 11.8 Å². The van der Waals surface area contributed by atoms with Gasteiger partial charge in [0.2, 0.25) is 10.0 Å². The normalized spacial score (nSPS) is 23.9. The summed E-state index contributed by atoms with van der Waals surface area (Å²) in [5.41, 5.74) is 0.192. The molecule has 1 aliphatic carbocycles. The van der Waals surface area contributed by atoms with Crippen LogP contribution in [-0.4, -0.2) is 50.8 Å². The van der Waals surface area contributed by atoms with E-state index < -0.39 is 22.1 Å². The van der Waals surface area contributed by atoms with Gasteiger partial charge in [0.1, 0.15) is 0 Å². The number of hydrogen-bond acceptors (Lipinski definition) is 5. The van der Waals surface area contributed by atoms with Gasteiger partial charge >= 0.3 is 5.97 Å². The first-order valence-corrected chi connectivity index (χ1v) is 11.0. The number of benzene rings is 1. The van der Waals surface area contributed by atoms with Gasteiger partial charge in [-0.15, -0.1) is 0 Å². The molecule has 1 aliphatic rings. The highest BCUT2D eigenvalue weighted by atomic mass is 32.2. The van der Waals surface area contributed by atoms with Crippen molar-refractivity contribution >= 4 is 21.9 Å². The molecule has 156 valence electrons. The summed E-state index contributed by atoms with van der Waals surface area (Å²) in [6, 6.07) is 5.55. The summed E-state index contributed by atoms with van der Waals surface area (Å²) in [5.74, 6) is -0.0479. The summed E-state index contributed by atoms with van der Waals surface area (Å²) in [6.07, 6.45) is 2.24. The molecule has 0 aliphatic heterocycles. The molecule has 1 saturated carbocycles. The van der Waals surface area contributed by atoms with Crippen LogP contribution >= 0.6 is 0 Å². The average Bonchev–Trinajstić information content (AvgIpc) is 2.65. The summed E-state index contributed by atoms with van der Waals surface area (Å²) < 4.78 is 30.5. The maximum absolute atomic E-state index is 12.4. The van der Waals surface area contributed by atoms with Crippen molar-refractivity contribution in [3.05, 3.63) is 29.8 Å². The van der Waals surface area contributed by atoms with Crippen LogP contribution in [0.15, 0.2) is 29.2 Å². The molecule has 0 aromatic heterocycles. The SMILES string of the molecule is C[C@H]1[C@@H](NC(=O)[C@@H](C)OC(=O)c2ccc(S(=O)(=O)N(C)C)cc2)CCC[C@@H]1C. The minimum Gasteiger partial charge on any atom is -0.449 e. The quantitative estimate of drug-likeness (QED) is 0.727. The fourth-order valence-electron chi connectivity index (χ4n) is 3.34. The number of carbonyl (C=O) groups is 2. The van der Waals surface area contributed by atoms with Crippen LogP contribution in [0.25, 0.3) is 0 Å².